The first-order valence-electron chi connectivity index (χ1n) is 13.4. The third-order valence-electron chi connectivity index (χ3n) is 8.22. The van der Waals surface area contributed by atoms with Crippen molar-refractivity contribution < 1.29 is 17.6 Å². The maximum absolute atomic E-state index is 12.8. The van der Waals surface area contributed by atoms with E-state index in [9.17, 15) is 17.6 Å². The molecule has 0 spiro atoms. The SMILES string of the molecule is N#CC(F)=CC=CCCC1CCC(CCCCC2CCC(c3ccc(C(F)(F)F)cc3)CC2)CC1. The van der Waals surface area contributed by atoms with Crippen molar-refractivity contribution in [3.63, 3.8) is 0 Å². The molecule has 192 valence electrons. The van der Waals surface area contributed by atoms with Gasteiger partial charge in [-0.3, -0.25) is 0 Å². The van der Waals surface area contributed by atoms with Crippen LogP contribution in [-0.2, 0) is 6.18 Å². The fraction of sp³-hybridized carbons (Fsp3) is 0.633. The Balaban J connectivity index is 1.23. The Kier molecular flexibility index (Phi) is 10.9. The summed E-state index contributed by atoms with van der Waals surface area (Å²) in [5.74, 6) is 2.09. The molecule has 0 aliphatic heterocycles. The number of nitriles is 1. The van der Waals surface area contributed by atoms with E-state index < -0.39 is 17.6 Å². The molecule has 0 aromatic heterocycles. The van der Waals surface area contributed by atoms with E-state index in [1.807, 2.05) is 6.08 Å². The molecule has 0 unspecified atom stereocenters. The minimum atomic E-state index is -4.26. The molecule has 0 N–H and O–H groups in total. The van der Waals surface area contributed by atoms with E-state index in [2.05, 4.69) is 0 Å². The molecule has 1 nitrogen and oxygen atoms in total. The lowest BCUT2D eigenvalue weighted by molar-refractivity contribution is -0.137. The molecule has 0 atom stereocenters. The number of halogens is 4. The molecule has 1 aromatic carbocycles. The molecule has 3 rings (SSSR count). The smallest absolute Gasteiger partial charge is 0.195 e. The van der Waals surface area contributed by atoms with E-state index in [-0.39, 0.29) is 0 Å². The highest BCUT2D eigenvalue weighted by atomic mass is 19.4. The van der Waals surface area contributed by atoms with E-state index in [1.54, 1.807) is 18.2 Å². The van der Waals surface area contributed by atoms with Crippen LogP contribution in [0.15, 0.2) is 48.3 Å². The molecule has 2 saturated carbocycles. The zero-order chi connectivity index (χ0) is 25.1. The van der Waals surface area contributed by atoms with Gasteiger partial charge in [-0.1, -0.05) is 75.7 Å². The first-order chi connectivity index (χ1) is 16.8. The van der Waals surface area contributed by atoms with Crippen molar-refractivity contribution in [2.45, 2.75) is 102 Å². The Labute approximate surface area is 208 Å². The molecular weight excluding hydrogens is 450 g/mol. The number of allylic oxidation sites excluding steroid dienone is 4. The number of benzene rings is 1. The molecular formula is C30H39F4N. The van der Waals surface area contributed by atoms with Crippen LogP contribution in [0, 0.1) is 29.1 Å². The topological polar surface area (TPSA) is 23.8 Å². The van der Waals surface area contributed by atoms with Gasteiger partial charge >= 0.3 is 6.18 Å². The van der Waals surface area contributed by atoms with Crippen molar-refractivity contribution in [3.05, 3.63) is 59.4 Å². The summed E-state index contributed by atoms with van der Waals surface area (Å²) < 4.78 is 51.1. The Bertz CT molecular complexity index is 846. The van der Waals surface area contributed by atoms with Gasteiger partial charge in [-0.15, -0.1) is 0 Å². The van der Waals surface area contributed by atoms with Gasteiger partial charge in [0.15, 0.2) is 5.83 Å². The van der Waals surface area contributed by atoms with Crippen molar-refractivity contribution in [2.24, 2.45) is 17.8 Å². The number of unbranched alkanes of at least 4 members (excludes halogenated alkanes) is 1. The zero-order valence-electron chi connectivity index (χ0n) is 20.7. The van der Waals surface area contributed by atoms with Gasteiger partial charge in [0.2, 0.25) is 0 Å². The second-order valence-corrected chi connectivity index (χ2v) is 10.6. The summed E-state index contributed by atoms with van der Waals surface area (Å²) in [5.41, 5.74) is 0.507. The van der Waals surface area contributed by atoms with Crippen molar-refractivity contribution in [1.29, 1.82) is 5.26 Å². The van der Waals surface area contributed by atoms with Crippen LogP contribution in [0.2, 0.25) is 0 Å². The number of alkyl halides is 3. The van der Waals surface area contributed by atoms with E-state index >= 15 is 0 Å². The van der Waals surface area contributed by atoms with Gasteiger partial charge < -0.3 is 0 Å². The molecule has 1 aromatic rings. The highest BCUT2D eigenvalue weighted by Gasteiger charge is 2.30. The van der Waals surface area contributed by atoms with Crippen molar-refractivity contribution in [1.82, 2.24) is 0 Å². The predicted octanol–water partition coefficient (Wildman–Crippen LogP) is 10.1. The van der Waals surface area contributed by atoms with Crippen LogP contribution in [0.25, 0.3) is 0 Å². The summed E-state index contributed by atoms with van der Waals surface area (Å²) in [6.07, 6.45) is 17.8. The van der Waals surface area contributed by atoms with Crippen molar-refractivity contribution >= 4 is 0 Å². The van der Waals surface area contributed by atoms with E-state index in [0.717, 1.165) is 49.0 Å². The van der Waals surface area contributed by atoms with E-state index in [1.165, 1.54) is 88.5 Å². The average molecular weight is 490 g/mol. The van der Waals surface area contributed by atoms with Gasteiger partial charge in [-0.05, 0) is 86.0 Å². The fourth-order valence-electron chi connectivity index (χ4n) is 6.02. The predicted molar refractivity (Wildman–Crippen MR) is 133 cm³/mol. The number of hydrogen-bond donors (Lipinski definition) is 0. The fourth-order valence-corrected chi connectivity index (χ4v) is 6.02. The molecule has 2 fully saturated rings. The molecule has 0 bridgehead atoms. The van der Waals surface area contributed by atoms with Gasteiger partial charge in [0.25, 0.3) is 0 Å². The van der Waals surface area contributed by atoms with Crippen LogP contribution in [0.3, 0.4) is 0 Å². The van der Waals surface area contributed by atoms with Gasteiger partial charge in [0, 0.05) is 0 Å². The van der Waals surface area contributed by atoms with Crippen molar-refractivity contribution in [3.8, 4) is 6.07 Å². The highest BCUT2D eigenvalue weighted by molar-refractivity contribution is 5.27. The molecule has 0 radical (unpaired) electrons. The largest absolute Gasteiger partial charge is 0.416 e. The summed E-state index contributed by atoms with van der Waals surface area (Å²) in [6.45, 7) is 0. The van der Waals surface area contributed by atoms with Gasteiger partial charge in [0.1, 0.15) is 6.07 Å². The van der Waals surface area contributed by atoms with Crippen LogP contribution in [0.5, 0.6) is 0 Å². The first-order valence-corrected chi connectivity index (χ1v) is 13.4. The summed E-state index contributed by atoms with van der Waals surface area (Å²) in [6, 6.07) is 7.28. The van der Waals surface area contributed by atoms with Crippen LogP contribution in [0.1, 0.15) is 107 Å². The lowest BCUT2D eigenvalue weighted by atomic mass is 9.76. The average Bonchev–Trinajstić information content (AvgIpc) is 2.87. The minimum Gasteiger partial charge on any atom is -0.195 e. The molecule has 0 amide bonds. The molecule has 2 aliphatic rings. The number of hydrogen-bond acceptors (Lipinski definition) is 1. The molecule has 5 heteroatoms. The third kappa shape index (κ3) is 9.47. The van der Waals surface area contributed by atoms with Gasteiger partial charge in [-0.25, -0.2) is 0 Å². The van der Waals surface area contributed by atoms with E-state index in [4.69, 9.17) is 5.26 Å². The maximum Gasteiger partial charge on any atom is 0.416 e. The normalized spacial score (nSPS) is 26.1. The molecule has 2 aliphatic carbocycles. The third-order valence-corrected chi connectivity index (χ3v) is 8.22. The quantitative estimate of drug-likeness (QED) is 0.139. The Morgan fingerprint density at radius 2 is 1.34 bits per heavy atom. The summed E-state index contributed by atoms with van der Waals surface area (Å²) in [7, 11) is 0. The van der Waals surface area contributed by atoms with Crippen LogP contribution in [-0.4, -0.2) is 0 Å². The summed E-state index contributed by atoms with van der Waals surface area (Å²) >= 11 is 0. The second-order valence-electron chi connectivity index (χ2n) is 10.6. The monoisotopic (exact) mass is 489 g/mol. The molecule has 35 heavy (non-hydrogen) atoms. The van der Waals surface area contributed by atoms with Crippen LogP contribution < -0.4 is 0 Å². The molecule has 0 heterocycles. The highest BCUT2D eigenvalue weighted by Crippen LogP contribution is 2.39. The lowest BCUT2D eigenvalue weighted by Gasteiger charge is -2.30. The Morgan fingerprint density at radius 1 is 0.829 bits per heavy atom. The summed E-state index contributed by atoms with van der Waals surface area (Å²) in [4.78, 5) is 0. The van der Waals surface area contributed by atoms with Gasteiger partial charge in [0.05, 0.1) is 5.56 Å². The number of rotatable bonds is 10. The first kappa shape index (κ1) is 27.5. The standard InChI is InChI=1S/C30H39F4N/c31-29(22-35)9-3-1-2-6-23-10-12-24(13-11-23)7-4-5-8-25-14-16-26(17-15-25)27-18-20-28(21-19-27)30(32,33)34/h1,3,9,18-21,23-26H,2,4-8,10-17H2. The minimum absolute atomic E-state index is 0.411. The van der Waals surface area contributed by atoms with Crippen LogP contribution in [0.4, 0.5) is 17.6 Å². The van der Waals surface area contributed by atoms with Crippen molar-refractivity contribution in [2.75, 3.05) is 0 Å². The van der Waals surface area contributed by atoms with Crippen LogP contribution >= 0.6 is 0 Å². The zero-order valence-corrected chi connectivity index (χ0v) is 20.7. The summed E-state index contributed by atoms with van der Waals surface area (Å²) in [5, 5.41) is 8.38. The maximum atomic E-state index is 12.8. The van der Waals surface area contributed by atoms with Gasteiger partial charge in [-0.2, -0.15) is 22.8 Å². The molecule has 0 saturated heterocycles. The number of nitrogens with zero attached hydrogens (tertiary/aromatic N) is 1. The lowest BCUT2D eigenvalue weighted by Crippen LogP contribution is -2.15. The second kappa shape index (κ2) is 13.9. The Hall–Kier alpha value is -2.09. The van der Waals surface area contributed by atoms with E-state index in [0.29, 0.717) is 5.92 Å². The Morgan fingerprint density at radius 3 is 1.86 bits per heavy atom.